The van der Waals surface area contributed by atoms with E-state index in [9.17, 15) is 20.2 Å². The number of allylic oxidation sites excluding steroid dienone is 2. The van der Waals surface area contributed by atoms with Crippen LogP contribution in [-0.4, -0.2) is 34.6 Å². The first-order valence-corrected chi connectivity index (χ1v) is 8.98. The van der Waals surface area contributed by atoms with E-state index in [1.165, 1.54) is 24.3 Å². The van der Waals surface area contributed by atoms with Crippen LogP contribution < -0.4 is 10.7 Å². The highest BCUT2D eigenvalue weighted by Crippen LogP contribution is 2.16. The van der Waals surface area contributed by atoms with Crippen molar-refractivity contribution >= 4 is 52.2 Å². The van der Waals surface area contributed by atoms with Gasteiger partial charge in [-0.1, -0.05) is 36.4 Å². The Kier molecular flexibility index (Phi) is 8.58. The molecule has 11 heteroatoms. The summed E-state index contributed by atoms with van der Waals surface area (Å²) >= 11 is 0. The Morgan fingerprint density at radius 2 is 1.55 bits per heavy atom. The predicted octanol–water partition coefficient (Wildman–Crippen LogP) is 3.71. The van der Waals surface area contributed by atoms with Crippen LogP contribution in [0.15, 0.2) is 70.8 Å². The van der Waals surface area contributed by atoms with Gasteiger partial charge in [-0.05, 0) is 23.3 Å². The van der Waals surface area contributed by atoms with Gasteiger partial charge in [-0.2, -0.15) is 5.10 Å². The van der Waals surface area contributed by atoms with Crippen molar-refractivity contribution in [2.24, 2.45) is 10.1 Å². The number of nitro benzene ring substituents is 2. The highest BCUT2D eigenvalue weighted by Gasteiger charge is 2.06. The average Bonchev–Trinajstić information content (AvgIpc) is 3.27. The van der Waals surface area contributed by atoms with Crippen LogP contribution in [0, 0.1) is 20.2 Å². The summed E-state index contributed by atoms with van der Waals surface area (Å²) in [5.74, 6) is 0.542. The Morgan fingerprint density at radius 3 is 2.00 bits per heavy atom. The molecule has 0 saturated carbocycles. The van der Waals surface area contributed by atoms with Crippen molar-refractivity contribution in [3.05, 3.63) is 92.0 Å². The van der Waals surface area contributed by atoms with Gasteiger partial charge in [-0.25, -0.2) is 10.4 Å². The molecule has 0 radical (unpaired) electrons. The third-order valence-electron chi connectivity index (χ3n) is 4.02. The summed E-state index contributed by atoms with van der Waals surface area (Å²) in [5.41, 5.74) is 4.57. The van der Waals surface area contributed by atoms with Crippen molar-refractivity contribution in [3.63, 3.8) is 0 Å². The molecule has 3 rings (SSSR count). The van der Waals surface area contributed by atoms with E-state index in [1.807, 2.05) is 0 Å². The van der Waals surface area contributed by atoms with Gasteiger partial charge in [-0.15, -0.1) is 17.0 Å². The Balaban J connectivity index is 0.00000341. The van der Waals surface area contributed by atoms with E-state index in [1.54, 1.807) is 48.6 Å². The number of hydrogen-bond acceptors (Lipinski definition) is 8. The molecule has 2 aromatic rings. The van der Waals surface area contributed by atoms with Gasteiger partial charge in [0.25, 0.3) is 11.4 Å². The number of halogens is 1. The molecule has 0 amide bonds. The van der Waals surface area contributed by atoms with Gasteiger partial charge in [0.05, 0.1) is 22.1 Å². The maximum absolute atomic E-state index is 10.9. The molecule has 0 unspecified atom stereocenters. The summed E-state index contributed by atoms with van der Waals surface area (Å²) in [6, 6.07) is 12.4. The zero-order valence-electron chi connectivity index (χ0n) is 16.2. The maximum Gasteiger partial charge on any atom is 0.270 e. The fourth-order valence-corrected chi connectivity index (χ4v) is 2.57. The van der Waals surface area contributed by atoms with E-state index < -0.39 is 9.85 Å². The summed E-state index contributed by atoms with van der Waals surface area (Å²) in [6.07, 6.45) is 6.73. The van der Waals surface area contributed by atoms with Gasteiger partial charge < -0.3 is 5.32 Å². The average molecular weight is 487 g/mol. The van der Waals surface area contributed by atoms with Gasteiger partial charge in [0.15, 0.2) is 0 Å². The zero-order chi connectivity index (χ0) is 21.3. The Bertz CT molecular complexity index is 1010. The fraction of sp³-hybridized carbons (Fsp3) is 0.100. The number of guanidine groups is 1. The van der Waals surface area contributed by atoms with Crippen LogP contribution in [-0.2, 0) is 0 Å². The van der Waals surface area contributed by atoms with Gasteiger partial charge in [0.2, 0.25) is 5.96 Å². The third-order valence-corrected chi connectivity index (χ3v) is 4.02. The summed E-state index contributed by atoms with van der Waals surface area (Å²) in [4.78, 5) is 25.2. The molecule has 2 aromatic carbocycles. The van der Waals surface area contributed by atoms with Gasteiger partial charge in [0, 0.05) is 30.8 Å². The monoisotopic (exact) mass is 486 g/mol. The number of aliphatic imine (C=N–C) groups is 1. The van der Waals surface area contributed by atoms with Crippen molar-refractivity contribution in [1.29, 1.82) is 0 Å². The maximum atomic E-state index is 10.9. The highest BCUT2D eigenvalue weighted by molar-refractivity contribution is 8.93. The molecule has 31 heavy (non-hydrogen) atoms. The molecule has 0 bridgehead atoms. The number of hydrazone groups is 1. The molecule has 10 nitrogen and oxygen atoms in total. The zero-order valence-corrected chi connectivity index (χ0v) is 17.9. The van der Waals surface area contributed by atoms with E-state index in [-0.39, 0.29) is 28.4 Å². The molecule has 0 aliphatic carbocycles. The second-order valence-corrected chi connectivity index (χ2v) is 6.18. The molecular weight excluding hydrogens is 468 g/mol. The van der Waals surface area contributed by atoms with Crippen LogP contribution in [0.2, 0.25) is 0 Å². The number of non-ortho nitro benzene ring substituents is 2. The lowest BCUT2D eigenvalue weighted by Crippen LogP contribution is -2.30. The van der Waals surface area contributed by atoms with Crippen LogP contribution in [0.5, 0.6) is 0 Å². The minimum absolute atomic E-state index is 0. The van der Waals surface area contributed by atoms with Gasteiger partial charge in [0.1, 0.15) is 0 Å². The van der Waals surface area contributed by atoms with Crippen LogP contribution >= 0.6 is 17.0 Å². The van der Waals surface area contributed by atoms with Crippen LogP contribution in [0.25, 0.3) is 12.2 Å². The second-order valence-electron chi connectivity index (χ2n) is 6.18. The third kappa shape index (κ3) is 7.16. The van der Waals surface area contributed by atoms with E-state index in [0.29, 0.717) is 29.3 Å². The molecule has 1 aliphatic rings. The Morgan fingerprint density at radius 1 is 1.00 bits per heavy atom. The Labute approximate surface area is 188 Å². The van der Waals surface area contributed by atoms with E-state index in [0.717, 1.165) is 6.54 Å². The molecule has 0 saturated heterocycles. The lowest BCUT2D eigenvalue weighted by atomic mass is 10.1. The second kappa shape index (κ2) is 11.4. The SMILES string of the molecule is Br.O=[N+]([O-])c1cccc(C=CC(C=Cc2cccc([N+](=O)[O-])c2)=NNC2=NCCN2)c1. The van der Waals surface area contributed by atoms with Crippen LogP contribution in [0.4, 0.5) is 11.4 Å². The summed E-state index contributed by atoms with van der Waals surface area (Å²) in [7, 11) is 0. The summed E-state index contributed by atoms with van der Waals surface area (Å²) in [5, 5.41) is 29.2. The normalized spacial score (nSPS) is 12.7. The smallest absolute Gasteiger partial charge is 0.270 e. The van der Waals surface area contributed by atoms with E-state index >= 15 is 0 Å². The number of nitrogens with zero attached hydrogens (tertiary/aromatic N) is 4. The van der Waals surface area contributed by atoms with Crippen molar-refractivity contribution in [3.8, 4) is 0 Å². The van der Waals surface area contributed by atoms with Crippen molar-refractivity contribution in [1.82, 2.24) is 10.7 Å². The van der Waals surface area contributed by atoms with Crippen LogP contribution in [0.3, 0.4) is 0 Å². The van der Waals surface area contributed by atoms with Gasteiger partial charge in [-0.3, -0.25) is 20.2 Å². The molecule has 0 fully saturated rings. The quantitative estimate of drug-likeness (QED) is 0.347. The Hall–Kier alpha value is -3.86. The van der Waals surface area contributed by atoms with Crippen LogP contribution in [0.1, 0.15) is 11.1 Å². The minimum Gasteiger partial charge on any atom is -0.353 e. The lowest BCUT2D eigenvalue weighted by Gasteiger charge is -2.02. The fourth-order valence-electron chi connectivity index (χ4n) is 2.57. The topological polar surface area (TPSA) is 135 Å². The molecular formula is C20H19BrN6O4. The summed E-state index contributed by atoms with van der Waals surface area (Å²) in [6.45, 7) is 1.38. The van der Waals surface area contributed by atoms with E-state index in [4.69, 9.17) is 0 Å². The molecule has 0 aromatic heterocycles. The first kappa shape index (κ1) is 23.4. The number of benzene rings is 2. The van der Waals surface area contributed by atoms with Gasteiger partial charge >= 0.3 is 0 Å². The first-order valence-electron chi connectivity index (χ1n) is 8.98. The number of nitrogens with one attached hydrogen (secondary N) is 2. The van der Waals surface area contributed by atoms with Crippen molar-refractivity contribution in [2.75, 3.05) is 13.1 Å². The van der Waals surface area contributed by atoms with Crippen molar-refractivity contribution in [2.45, 2.75) is 0 Å². The van der Waals surface area contributed by atoms with E-state index in [2.05, 4.69) is 20.8 Å². The molecule has 1 heterocycles. The largest absolute Gasteiger partial charge is 0.353 e. The molecule has 0 spiro atoms. The standard InChI is InChI=1S/C20H18N6O4.BrH/c27-25(28)18-5-1-3-15(13-18)7-9-17(23-24-20-21-11-12-22-20)10-8-16-4-2-6-19(14-16)26(29)30;/h1-10,13-14H,11-12H2,(H2,21,22,24);1H. The molecule has 160 valence electrons. The van der Waals surface area contributed by atoms with Crippen molar-refractivity contribution < 1.29 is 9.85 Å². The summed E-state index contributed by atoms with van der Waals surface area (Å²) < 4.78 is 0. The number of hydrogen-bond donors (Lipinski definition) is 2. The first-order chi connectivity index (χ1) is 14.5. The molecule has 0 atom stereocenters. The molecule has 2 N–H and O–H groups in total. The number of nitro groups is 2. The number of rotatable bonds is 7. The lowest BCUT2D eigenvalue weighted by molar-refractivity contribution is -0.385. The highest BCUT2D eigenvalue weighted by atomic mass is 79.9. The predicted molar refractivity (Wildman–Crippen MR) is 125 cm³/mol. The minimum atomic E-state index is -0.458. The molecule has 1 aliphatic heterocycles.